The van der Waals surface area contributed by atoms with Gasteiger partial charge in [0.2, 0.25) is 0 Å². The van der Waals surface area contributed by atoms with Crippen molar-refractivity contribution in [2.24, 2.45) is 5.92 Å². The minimum Gasteiger partial charge on any atom is -0.339 e. The van der Waals surface area contributed by atoms with Crippen LogP contribution >= 0.6 is 0 Å². The summed E-state index contributed by atoms with van der Waals surface area (Å²) in [6.07, 6.45) is 1.12. The molecule has 0 radical (unpaired) electrons. The number of anilines is 1. The summed E-state index contributed by atoms with van der Waals surface area (Å²) in [4.78, 5) is 27.6. The topological polar surface area (TPSA) is 83.6 Å². The zero-order chi connectivity index (χ0) is 24.3. The summed E-state index contributed by atoms with van der Waals surface area (Å²) in [6.45, 7) is 2.60. The van der Waals surface area contributed by atoms with E-state index in [-0.39, 0.29) is 28.2 Å². The molecular formula is C26H25FN2O4S. The number of Topliss-reactive ketones (excluding diaryl/α,β-unsaturated/α-hetero) is 1. The molecule has 3 aromatic carbocycles. The number of rotatable bonds is 6. The van der Waals surface area contributed by atoms with Gasteiger partial charge < -0.3 is 4.90 Å². The number of ketones is 1. The monoisotopic (exact) mass is 480 g/mol. The van der Waals surface area contributed by atoms with Gasteiger partial charge in [-0.15, -0.1) is 0 Å². The minimum absolute atomic E-state index is 0.0556. The van der Waals surface area contributed by atoms with E-state index in [0.717, 1.165) is 12.1 Å². The summed E-state index contributed by atoms with van der Waals surface area (Å²) >= 11 is 0. The summed E-state index contributed by atoms with van der Waals surface area (Å²) in [5.74, 6) is -0.787. The molecule has 0 unspecified atom stereocenters. The molecule has 0 aromatic heterocycles. The van der Waals surface area contributed by atoms with E-state index >= 15 is 0 Å². The second-order valence-electron chi connectivity index (χ2n) is 8.39. The first-order valence-electron chi connectivity index (χ1n) is 11.0. The van der Waals surface area contributed by atoms with Gasteiger partial charge in [0, 0.05) is 35.8 Å². The number of likely N-dealkylation sites (tertiary alicyclic amines) is 1. The molecule has 1 aliphatic heterocycles. The fourth-order valence-electron chi connectivity index (χ4n) is 4.08. The zero-order valence-electron chi connectivity index (χ0n) is 18.7. The van der Waals surface area contributed by atoms with Crippen LogP contribution in [0.3, 0.4) is 0 Å². The average Bonchev–Trinajstić information content (AvgIpc) is 2.85. The minimum atomic E-state index is -3.97. The van der Waals surface area contributed by atoms with Crippen molar-refractivity contribution in [3.8, 4) is 0 Å². The third-order valence-corrected chi connectivity index (χ3v) is 7.44. The largest absolute Gasteiger partial charge is 0.339 e. The predicted octanol–water partition coefficient (Wildman–Crippen LogP) is 4.67. The van der Waals surface area contributed by atoms with Gasteiger partial charge in [-0.3, -0.25) is 14.3 Å². The Kier molecular flexibility index (Phi) is 6.79. The van der Waals surface area contributed by atoms with Crippen LogP contribution in [-0.2, 0) is 10.0 Å². The zero-order valence-corrected chi connectivity index (χ0v) is 19.5. The molecule has 0 spiro atoms. The highest BCUT2D eigenvalue weighted by atomic mass is 32.2. The summed E-state index contributed by atoms with van der Waals surface area (Å²) < 4.78 is 41.2. The van der Waals surface area contributed by atoms with Crippen molar-refractivity contribution in [2.45, 2.75) is 24.7 Å². The number of halogens is 1. The average molecular weight is 481 g/mol. The van der Waals surface area contributed by atoms with Crippen molar-refractivity contribution in [3.05, 3.63) is 95.3 Å². The van der Waals surface area contributed by atoms with Crippen molar-refractivity contribution in [1.82, 2.24) is 4.90 Å². The van der Waals surface area contributed by atoms with E-state index in [4.69, 9.17) is 0 Å². The number of carbonyl (C=O) groups is 2. The number of sulfonamides is 1. The van der Waals surface area contributed by atoms with Crippen molar-refractivity contribution in [1.29, 1.82) is 0 Å². The van der Waals surface area contributed by atoms with Crippen LogP contribution in [0.25, 0.3) is 0 Å². The maximum atomic E-state index is 13.2. The van der Waals surface area contributed by atoms with E-state index in [1.165, 1.54) is 24.3 Å². The molecule has 6 nitrogen and oxygen atoms in total. The van der Waals surface area contributed by atoms with Crippen molar-refractivity contribution in [2.75, 3.05) is 17.8 Å². The first-order chi connectivity index (χ1) is 16.2. The van der Waals surface area contributed by atoms with Gasteiger partial charge in [0.05, 0.1) is 4.90 Å². The molecule has 0 atom stereocenters. The van der Waals surface area contributed by atoms with Crippen LogP contribution in [0.4, 0.5) is 10.1 Å². The maximum Gasteiger partial charge on any atom is 0.261 e. The third kappa shape index (κ3) is 5.17. The Bertz CT molecular complexity index is 1300. The quantitative estimate of drug-likeness (QED) is 0.520. The summed E-state index contributed by atoms with van der Waals surface area (Å²) in [5, 5.41) is 0. The lowest BCUT2D eigenvalue weighted by atomic mass is 9.88. The second-order valence-corrected chi connectivity index (χ2v) is 10.1. The number of hydrogen-bond acceptors (Lipinski definition) is 4. The SMILES string of the molecule is Cc1ccc(S(=O)(=O)Nc2ccc(F)cc2)cc1C(=O)N1CCC(C(=O)c2ccccc2)CC1. The van der Waals surface area contributed by atoms with E-state index in [0.29, 0.717) is 42.6 Å². The van der Waals surface area contributed by atoms with E-state index in [1.807, 2.05) is 18.2 Å². The third-order valence-electron chi connectivity index (χ3n) is 6.06. The molecule has 0 aliphatic carbocycles. The van der Waals surface area contributed by atoms with E-state index in [9.17, 15) is 22.4 Å². The van der Waals surface area contributed by atoms with Crippen LogP contribution in [0.15, 0.2) is 77.7 Å². The Hall–Kier alpha value is -3.52. The summed E-state index contributed by atoms with van der Waals surface area (Å²) in [7, 11) is -3.97. The van der Waals surface area contributed by atoms with Crippen LogP contribution in [0, 0.1) is 18.7 Å². The highest BCUT2D eigenvalue weighted by Gasteiger charge is 2.29. The molecule has 1 aliphatic rings. The number of piperidine rings is 1. The Morgan fingerprint density at radius 2 is 1.59 bits per heavy atom. The molecule has 0 saturated carbocycles. The van der Waals surface area contributed by atoms with E-state index in [1.54, 1.807) is 30.0 Å². The van der Waals surface area contributed by atoms with Crippen LogP contribution in [0.5, 0.6) is 0 Å². The van der Waals surface area contributed by atoms with Gasteiger partial charge in [0.1, 0.15) is 5.82 Å². The highest BCUT2D eigenvalue weighted by Crippen LogP contribution is 2.25. The smallest absolute Gasteiger partial charge is 0.261 e. The molecule has 1 N–H and O–H groups in total. The van der Waals surface area contributed by atoms with Crippen LogP contribution in [0.2, 0.25) is 0 Å². The second kappa shape index (κ2) is 9.77. The normalized spacial score (nSPS) is 14.6. The number of nitrogens with one attached hydrogen (secondary N) is 1. The molecule has 1 saturated heterocycles. The predicted molar refractivity (Wildman–Crippen MR) is 128 cm³/mol. The fourth-order valence-corrected chi connectivity index (χ4v) is 5.17. The number of amides is 1. The van der Waals surface area contributed by atoms with Gasteiger partial charge in [-0.2, -0.15) is 0 Å². The van der Waals surface area contributed by atoms with Crippen LogP contribution < -0.4 is 4.72 Å². The van der Waals surface area contributed by atoms with E-state index in [2.05, 4.69) is 4.72 Å². The van der Waals surface area contributed by atoms with Gasteiger partial charge in [0.15, 0.2) is 5.78 Å². The van der Waals surface area contributed by atoms with Gasteiger partial charge >= 0.3 is 0 Å². The number of benzene rings is 3. The molecule has 1 fully saturated rings. The Labute approximate surface area is 198 Å². The highest BCUT2D eigenvalue weighted by molar-refractivity contribution is 7.92. The fraction of sp³-hybridized carbons (Fsp3) is 0.231. The number of carbonyl (C=O) groups excluding carboxylic acids is 2. The lowest BCUT2D eigenvalue weighted by Gasteiger charge is -2.32. The number of nitrogens with zero attached hydrogens (tertiary/aromatic N) is 1. The molecule has 4 rings (SSSR count). The number of aryl methyl sites for hydroxylation is 1. The molecule has 1 amide bonds. The van der Waals surface area contributed by atoms with Gasteiger partial charge in [-0.25, -0.2) is 12.8 Å². The molecule has 3 aromatic rings. The van der Waals surface area contributed by atoms with Crippen LogP contribution in [-0.4, -0.2) is 38.1 Å². The van der Waals surface area contributed by atoms with Gasteiger partial charge in [-0.1, -0.05) is 36.4 Å². The molecule has 0 bridgehead atoms. The molecule has 1 heterocycles. The Morgan fingerprint density at radius 3 is 2.24 bits per heavy atom. The molecule has 176 valence electrons. The Morgan fingerprint density at radius 1 is 0.941 bits per heavy atom. The Balaban J connectivity index is 1.47. The maximum absolute atomic E-state index is 13.2. The standard InChI is InChI=1S/C26H25FN2O4S/c1-18-7-12-23(34(32,33)28-22-10-8-21(27)9-11-22)17-24(18)26(31)29-15-13-20(14-16-29)25(30)19-5-3-2-4-6-19/h2-12,17,20,28H,13-16H2,1H3. The molecular weight excluding hydrogens is 455 g/mol. The van der Waals surface area contributed by atoms with Crippen molar-refractivity contribution < 1.29 is 22.4 Å². The lowest BCUT2D eigenvalue weighted by Crippen LogP contribution is -2.40. The van der Waals surface area contributed by atoms with Gasteiger partial charge in [-0.05, 0) is 61.7 Å². The number of hydrogen-bond donors (Lipinski definition) is 1. The van der Waals surface area contributed by atoms with Crippen LogP contribution in [0.1, 0.15) is 39.1 Å². The molecule has 8 heteroatoms. The van der Waals surface area contributed by atoms with E-state index < -0.39 is 15.8 Å². The van der Waals surface area contributed by atoms with Crippen molar-refractivity contribution in [3.63, 3.8) is 0 Å². The van der Waals surface area contributed by atoms with Crippen molar-refractivity contribution >= 4 is 27.4 Å². The van der Waals surface area contributed by atoms with Gasteiger partial charge in [0.25, 0.3) is 15.9 Å². The first-order valence-corrected chi connectivity index (χ1v) is 12.5. The lowest BCUT2D eigenvalue weighted by molar-refractivity contribution is 0.0649. The molecule has 34 heavy (non-hydrogen) atoms. The first kappa shape index (κ1) is 23.6. The summed E-state index contributed by atoms with van der Waals surface area (Å²) in [5.41, 5.74) is 1.86. The summed E-state index contributed by atoms with van der Waals surface area (Å²) in [6, 6.07) is 18.5.